The number of hydrogen-bond donors (Lipinski definition) is 1. The van der Waals surface area contributed by atoms with Crippen LogP contribution in [0.5, 0.6) is 0 Å². The molecule has 3 rings (SSSR count). The molecule has 3 aromatic rings. The first kappa shape index (κ1) is 17.5. The molecule has 0 atom stereocenters. The number of aromatic nitrogens is 5. The number of carbonyl (C=O) groups excluding carboxylic acids is 1. The molecule has 0 aliphatic heterocycles. The standard InChI is InChI=1S/C16H19N7O3/c1-4-21(5-2)23(11-6-7-13-17-10-19-22(13)9-11)15(24)14-12(16(25)26)8-18-20(14)3/h6-10H,4-5H2,1-3H3,(H,25,26). The Balaban J connectivity index is 2.13. The number of nitrogens with zero attached hydrogens (tertiary/aromatic N) is 7. The molecule has 0 radical (unpaired) electrons. The van der Waals surface area contributed by atoms with Crippen LogP contribution in [0.4, 0.5) is 5.69 Å². The number of carboxylic acid groups (broad SMARTS) is 1. The third-order valence-corrected chi connectivity index (χ3v) is 4.08. The second-order valence-electron chi connectivity index (χ2n) is 5.54. The summed E-state index contributed by atoms with van der Waals surface area (Å²) >= 11 is 0. The third-order valence-electron chi connectivity index (χ3n) is 4.08. The predicted octanol–water partition coefficient (Wildman–Crippen LogP) is 1.06. The lowest BCUT2D eigenvalue weighted by Gasteiger charge is -2.33. The van der Waals surface area contributed by atoms with E-state index in [2.05, 4.69) is 15.2 Å². The van der Waals surface area contributed by atoms with Crippen molar-refractivity contribution < 1.29 is 14.7 Å². The van der Waals surface area contributed by atoms with Gasteiger partial charge in [-0.15, -0.1) is 0 Å². The summed E-state index contributed by atoms with van der Waals surface area (Å²) in [5, 5.41) is 20.7. The van der Waals surface area contributed by atoms with Crippen molar-refractivity contribution in [1.29, 1.82) is 0 Å². The highest BCUT2D eigenvalue weighted by atomic mass is 16.4. The van der Waals surface area contributed by atoms with Crippen molar-refractivity contribution in [3.63, 3.8) is 0 Å². The summed E-state index contributed by atoms with van der Waals surface area (Å²) in [6.45, 7) is 4.94. The summed E-state index contributed by atoms with van der Waals surface area (Å²) in [7, 11) is 1.54. The molecule has 26 heavy (non-hydrogen) atoms. The van der Waals surface area contributed by atoms with Gasteiger partial charge in [-0.25, -0.2) is 24.3 Å². The summed E-state index contributed by atoms with van der Waals surface area (Å²) in [4.78, 5) is 28.9. The van der Waals surface area contributed by atoms with E-state index in [1.165, 1.54) is 22.2 Å². The van der Waals surface area contributed by atoms with Gasteiger partial charge in [0.25, 0.3) is 5.91 Å². The van der Waals surface area contributed by atoms with Gasteiger partial charge in [-0.2, -0.15) is 10.2 Å². The van der Waals surface area contributed by atoms with Crippen LogP contribution in [-0.2, 0) is 7.05 Å². The molecule has 0 aliphatic rings. The van der Waals surface area contributed by atoms with E-state index in [-0.39, 0.29) is 11.3 Å². The normalized spacial score (nSPS) is 11.2. The first-order chi connectivity index (χ1) is 12.5. The van der Waals surface area contributed by atoms with Gasteiger partial charge in [-0.05, 0) is 12.1 Å². The number of rotatable bonds is 6. The van der Waals surface area contributed by atoms with Gasteiger partial charge in [0.05, 0.1) is 18.1 Å². The molecule has 1 N–H and O–H groups in total. The summed E-state index contributed by atoms with van der Waals surface area (Å²) in [5.41, 5.74) is 1.06. The molecular weight excluding hydrogens is 338 g/mol. The SMILES string of the molecule is CCN(CC)N(C(=O)c1c(C(=O)O)cnn1C)c1ccc2ncnn2c1. The zero-order valence-corrected chi connectivity index (χ0v) is 14.7. The molecule has 10 nitrogen and oxygen atoms in total. The number of carbonyl (C=O) groups is 2. The van der Waals surface area contributed by atoms with Gasteiger partial charge in [-0.3, -0.25) is 9.48 Å². The molecular formula is C16H19N7O3. The Labute approximate surface area is 149 Å². The molecule has 10 heteroatoms. The Morgan fingerprint density at radius 2 is 1.92 bits per heavy atom. The van der Waals surface area contributed by atoms with E-state index in [9.17, 15) is 14.7 Å². The molecule has 0 aliphatic carbocycles. The number of aryl methyl sites for hydroxylation is 1. The van der Waals surface area contributed by atoms with Crippen LogP contribution in [0.2, 0.25) is 0 Å². The van der Waals surface area contributed by atoms with Gasteiger partial charge in [0.1, 0.15) is 17.6 Å². The summed E-state index contributed by atoms with van der Waals surface area (Å²) in [6, 6.07) is 3.49. The van der Waals surface area contributed by atoms with Crippen molar-refractivity contribution in [1.82, 2.24) is 29.4 Å². The Morgan fingerprint density at radius 3 is 2.58 bits per heavy atom. The molecule has 136 valence electrons. The quantitative estimate of drug-likeness (QED) is 0.657. The van der Waals surface area contributed by atoms with E-state index in [0.717, 1.165) is 0 Å². The number of anilines is 1. The molecule has 0 unspecified atom stereocenters. The molecule has 3 aromatic heterocycles. The number of carboxylic acids is 1. The van der Waals surface area contributed by atoms with Crippen molar-refractivity contribution in [3.8, 4) is 0 Å². The minimum absolute atomic E-state index is 0.00286. The lowest BCUT2D eigenvalue weighted by Crippen LogP contribution is -2.47. The molecule has 0 saturated carbocycles. The lowest BCUT2D eigenvalue weighted by atomic mass is 10.2. The maximum atomic E-state index is 13.3. The van der Waals surface area contributed by atoms with Gasteiger partial charge in [-0.1, -0.05) is 13.8 Å². The Morgan fingerprint density at radius 1 is 1.19 bits per heavy atom. The van der Waals surface area contributed by atoms with Gasteiger partial charge in [0.2, 0.25) is 0 Å². The van der Waals surface area contributed by atoms with E-state index < -0.39 is 11.9 Å². The van der Waals surface area contributed by atoms with Crippen LogP contribution in [0.1, 0.15) is 34.7 Å². The van der Waals surface area contributed by atoms with Crippen molar-refractivity contribution in [2.24, 2.45) is 7.05 Å². The van der Waals surface area contributed by atoms with Crippen molar-refractivity contribution in [2.75, 3.05) is 18.1 Å². The van der Waals surface area contributed by atoms with Crippen LogP contribution in [0.25, 0.3) is 5.65 Å². The zero-order valence-electron chi connectivity index (χ0n) is 14.7. The summed E-state index contributed by atoms with van der Waals surface area (Å²) in [6.07, 6.45) is 4.28. The van der Waals surface area contributed by atoms with Crippen molar-refractivity contribution >= 4 is 23.2 Å². The third kappa shape index (κ3) is 2.90. The van der Waals surface area contributed by atoms with Gasteiger partial charge in [0.15, 0.2) is 5.65 Å². The monoisotopic (exact) mass is 357 g/mol. The molecule has 0 fully saturated rings. The van der Waals surface area contributed by atoms with Crippen molar-refractivity contribution in [2.45, 2.75) is 13.8 Å². The fourth-order valence-electron chi connectivity index (χ4n) is 2.79. The van der Waals surface area contributed by atoms with E-state index in [0.29, 0.717) is 24.4 Å². The van der Waals surface area contributed by atoms with Crippen molar-refractivity contribution in [3.05, 3.63) is 42.1 Å². The van der Waals surface area contributed by atoms with E-state index >= 15 is 0 Å². The number of fused-ring (bicyclic) bond motifs is 1. The predicted molar refractivity (Wildman–Crippen MR) is 92.9 cm³/mol. The van der Waals surface area contributed by atoms with Crippen LogP contribution in [0.3, 0.4) is 0 Å². The topological polar surface area (TPSA) is 109 Å². The molecule has 0 saturated heterocycles. The molecule has 3 heterocycles. The molecule has 0 aromatic carbocycles. The second-order valence-corrected chi connectivity index (χ2v) is 5.54. The van der Waals surface area contributed by atoms with E-state index in [1.54, 1.807) is 34.9 Å². The number of pyridine rings is 1. The number of amides is 1. The average Bonchev–Trinajstić information content (AvgIpc) is 3.24. The van der Waals surface area contributed by atoms with Crippen LogP contribution >= 0.6 is 0 Å². The fourth-order valence-corrected chi connectivity index (χ4v) is 2.79. The number of aromatic carboxylic acids is 1. The van der Waals surface area contributed by atoms with Crippen LogP contribution in [0.15, 0.2) is 30.9 Å². The first-order valence-corrected chi connectivity index (χ1v) is 8.11. The highest BCUT2D eigenvalue weighted by Crippen LogP contribution is 2.21. The molecule has 1 amide bonds. The largest absolute Gasteiger partial charge is 0.478 e. The summed E-state index contributed by atoms with van der Waals surface area (Å²) in [5.74, 6) is -1.68. The fraction of sp³-hybridized carbons (Fsp3) is 0.312. The first-order valence-electron chi connectivity index (χ1n) is 8.11. The van der Waals surface area contributed by atoms with Crippen LogP contribution in [-0.4, -0.2) is 59.5 Å². The van der Waals surface area contributed by atoms with Gasteiger partial charge < -0.3 is 5.11 Å². The molecule has 0 spiro atoms. The highest BCUT2D eigenvalue weighted by molar-refractivity contribution is 6.10. The van der Waals surface area contributed by atoms with Gasteiger partial charge in [0, 0.05) is 20.1 Å². The minimum Gasteiger partial charge on any atom is -0.478 e. The maximum absolute atomic E-state index is 13.3. The maximum Gasteiger partial charge on any atom is 0.339 e. The number of hydrazine groups is 1. The van der Waals surface area contributed by atoms with E-state index in [4.69, 9.17) is 0 Å². The molecule has 0 bridgehead atoms. The zero-order chi connectivity index (χ0) is 18.8. The van der Waals surface area contributed by atoms with E-state index in [1.807, 2.05) is 13.8 Å². The Bertz CT molecular complexity index is 958. The second kappa shape index (κ2) is 6.92. The average molecular weight is 357 g/mol. The van der Waals surface area contributed by atoms with Crippen LogP contribution < -0.4 is 5.01 Å². The summed E-state index contributed by atoms with van der Waals surface area (Å²) < 4.78 is 2.83. The smallest absolute Gasteiger partial charge is 0.339 e. The lowest BCUT2D eigenvalue weighted by molar-refractivity contribution is 0.0689. The Kier molecular flexibility index (Phi) is 4.67. The van der Waals surface area contributed by atoms with Gasteiger partial charge >= 0.3 is 5.97 Å². The Hall–Kier alpha value is -3.27. The number of hydrogen-bond acceptors (Lipinski definition) is 6. The van der Waals surface area contributed by atoms with Crippen LogP contribution in [0, 0.1) is 0 Å². The highest BCUT2D eigenvalue weighted by Gasteiger charge is 2.30. The minimum atomic E-state index is -1.20.